The summed E-state index contributed by atoms with van der Waals surface area (Å²) in [6.45, 7) is 5.50. The van der Waals surface area contributed by atoms with Gasteiger partial charge in [-0.1, -0.05) is 35.9 Å². The summed E-state index contributed by atoms with van der Waals surface area (Å²) in [6, 6.07) is 15.7. The number of carbonyl (C=O) groups is 2. The fourth-order valence-electron chi connectivity index (χ4n) is 3.07. The van der Waals surface area contributed by atoms with Gasteiger partial charge in [0.05, 0.1) is 28.6 Å². The summed E-state index contributed by atoms with van der Waals surface area (Å²) in [6.07, 6.45) is 0. The van der Waals surface area contributed by atoms with E-state index in [1.165, 1.54) is 24.3 Å². The van der Waals surface area contributed by atoms with E-state index < -0.39 is 21.9 Å². The highest BCUT2D eigenvalue weighted by Crippen LogP contribution is 2.27. The number of benzene rings is 3. The van der Waals surface area contributed by atoms with Crippen LogP contribution in [0.1, 0.15) is 38.8 Å². The predicted molar refractivity (Wildman–Crippen MR) is 129 cm³/mol. The first-order valence-corrected chi connectivity index (χ1v) is 12.0. The van der Waals surface area contributed by atoms with Crippen molar-refractivity contribution in [2.24, 2.45) is 0 Å². The van der Waals surface area contributed by atoms with Gasteiger partial charge in [-0.3, -0.25) is 9.52 Å². The first-order valence-electron chi connectivity index (χ1n) is 10.1. The van der Waals surface area contributed by atoms with Gasteiger partial charge >= 0.3 is 5.97 Å². The lowest BCUT2D eigenvalue weighted by molar-refractivity contribution is 0.0527. The molecule has 172 valence electrons. The molecule has 3 rings (SSSR count). The smallest absolute Gasteiger partial charge is 0.340 e. The third-order valence-electron chi connectivity index (χ3n) is 4.79. The molecule has 0 aliphatic heterocycles. The van der Waals surface area contributed by atoms with E-state index >= 15 is 0 Å². The van der Waals surface area contributed by atoms with Crippen LogP contribution >= 0.6 is 11.6 Å². The highest BCUT2D eigenvalue weighted by molar-refractivity contribution is 7.92. The molecule has 3 aromatic carbocycles. The Hall–Kier alpha value is -3.36. The van der Waals surface area contributed by atoms with Crippen LogP contribution in [0.4, 0.5) is 11.4 Å². The average Bonchev–Trinajstić information content (AvgIpc) is 2.76. The van der Waals surface area contributed by atoms with E-state index in [1.54, 1.807) is 44.2 Å². The Kier molecular flexibility index (Phi) is 7.40. The van der Waals surface area contributed by atoms with Crippen molar-refractivity contribution in [3.63, 3.8) is 0 Å². The Morgan fingerprint density at radius 1 is 0.970 bits per heavy atom. The van der Waals surface area contributed by atoms with Gasteiger partial charge in [-0.15, -0.1) is 0 Å². The molecule has 0 saturated carbocycles. The first kappa shape index (κ1) is 24.3. The van der Waals surface area contributed by atoms with Gasteiger partial charge in [-0.25, -0.2) is 13.2 Å². The van der Waals surface area contributed by atoms with Crippen molar-refractivity contribution >= 4 is 44.9 Å². The van der Waals surface area contributed by atoms with Crippen molar-refractivity contribution < 1.29 is 22.7 Å². The van der Waals surface area contributed by atoms with E-state index in [0.29, 0.717) is 5.69 Å². The largest absolute Gasteiger partial charge is 0.462 e. The van der Waals surface area contributed by atoms with Crippen LogP contribution in [0.5, 0.6) is 0 Å². The summed E-state index contributed by atoms with van der Waals surface area (Å²) in [5.41, 5.74) is 2.53. The summed E-state index contributed by atoms with van der Waals surface area (Å²) < 4.78 is 33.6. The quantitative estimate of drug-likeness (QED) is 0.448. The number of aryl methyl sites for hydroxylation is 2. The SMILES string of the molecule is CCOC(=O)c1ccccc1NC(=O)c1ccc(Cl)c(S(=O)(=O)Nc2cc(C)ccc2C)c1. The van der Waals surface area contributed by atoms with Crippen LogP contribution in [-0.4, -0.2) is 26.9 Å². The van der Waals surface area contributed by atoms with Gasteiger partial charge in [0.1, 0.15) is 4.90 Å². The van der Waals surface area contributed by atoms with Crippen molar-refractivity contribution in [3.05, 3.63) is 87.9 Å². The van der Waals surface area contributed by atoms with Crippen LogP contribution in [-0.2, 0) is 14.8 Å². The highest BCUT2D eigenvalue weighted by Gasteiger charge is 2.22. The molecular formula is C24H23ClN2O5S. The summed E-state index contributed by atoms with van der Waals surface area (Å²) in [5.74, 6) is -1.18. The molecule has 0 spiro atoms. The van der Waals surface area contributed by atoms with E-state index in [0.717, 1.165) is 11.1 Å². The molecule has 0 unspecified atom stereocenters. The first-order chi connectivity index (χ1) is 15.6. The van der Waals surface area contributed by atoms with E-state index in [4.69, 9.17) is 16.3 Å². The number of esters is 1. The number of hydrogen-bond acceptors (Lipinski definition) is 5. The minimum atomic E-state index is -4.08. The molecule has 2 N–H and O–H groups in total. The number of amides is 1. The van der Waals surface area contributed by atoms with E-state index in [1.807, 2.05) is 13.0 Å². The van der Waals surface area contributed by atoms with Crippen LogP contribution < -0.4 is 10.0 Å². The Morgan fingerprint density at radius 3 is 2.42 bits per heavy atom. The lowest BCUT2D eigenvalue weighted by Gasteiger charge is -2.14. The van der Waals surface area contributed by atoms with Crippen LogP contribution in [0.2, 0.25) is 5.02 Å². The fourth-order valence-corrected chi connectivity index (χ4v) is 4.72. The van der Waals surface area contributed by atoms with E-state index in [-0.39, 0.29) is 33.3 Å². The Morgan fingerprint density at radius 2 is 1.70 bits per heavy atom. The fraction of sp³-hybridized carbons (Fsp3) is 0.167. The van der Waals surface area contributed by atoms with Gasteiger partial charge in [-0.2, -0.15) is 0 Å². The zero-order valence-electron chi connectivity index (χ0n) is 18.3. The molecule has 7 nitrogen and oxygen atoms in total. The molecule has 3 aromatic rings. The maximum Gasteiger partial charge on any atom is 0.340 e. The van der Waals surface area contributed by atoms with Gasteiger partial charge in [0.25, 0.3) is 15.9 Å². The number of sulfonamides is 1. The zero-order valence-corrected chi connectivity index (χ0v) is 19.9. The molecule has 0 aliphatic carbocycles. The molecule has 0 fully saturated rings. The number of nitrogens with one attached hydrogen (secondary N) is 2. The molecule has 9 heteroatoms. The molecule has 33 heavy (non-hydrogen) atoms. The average molecular weight is 487 g/mol. The van der Waals surface area contributed by atoms with Crippen LogP contribution in [0, 0.1) is 13.8 Å². The molecule has 0 radical (unpaired) electrons. The minimum Gasteiger partial charge on any atom is -0.462 e. The summed E-state index contributed by atoms with van der Waals surface area (Å²) in [4.78, 5) is 24.8. The zero-order chi connectivity index (χ0) is 24.2. The molecule has 0 aromatic heterocycles. The monoisotopic (exact) mass is 486 g/mol. The number of hydrogen-bond donors (Lipinski definition) is 2. The molecule has 1 amide bonds. The predicted octanol–water partition coefficient (Wildman–Crippen LogP) is 5.19. The Labute approximate surface area is 197 Å². The third kappa shape index (κ3) is 5.71. The Bertz CT molecular complexity index is 1320. The van der Waals surface area contributed by atoms with Crippen LogP contribution in [0.25, 0.3) is 0 Å². The topological polar surface area (TPSA) is 102 Å². The van der Waals surface area contributed by atoms with Crippen molar-refractivity contribution in [1.82, 2.24) is 0 Å². The second-order valence-corrected chi connectivity index (χ2v) is 9.35. The van der Waals surface area contributed by atoms with Gasteiger partial charge in [0, 0.05) is 5.56 Å². The standard InChI is InChI=1S/C24H23ClN2O5S/c1-4-32-24(29)18-7-5-6-8-20(18)26-23(28)17-11-12-19(25)22(14-17)33(30,31)27-21-13-15(2)9-10-16(21)3/h5-14,27H,4H2,1-3H3,(H,26,28). The number of anilines is 2. The molecule has 0 atom stereocenters. The van der Waals surface area contributed by atoms with Crippen molar-refractivity contribution in [3.8, 4) is 0 Å². The van der Waals surface area contributed by atoms with Crippen molar-refractivity contribution in [1.29, 1.82) is 0 Å². The van der Waals surface area contributed by atoms with Gasteiger partial charge in [-0.05, 0) is 68.3 Å². The lowest BCUT2D eigenvalue weighted by atomic mass is 10.1. The van der Waals surface area contributed by atoms with E-state index in [2.05, 4.69) is 10.0 Å². The van der Waals surface area contributed by atoms with E-state index in [9.17, 15) is 18.0 Å². The van der Waals surface area contributed by atoms with Crippen LogP contribution in [0.15, 0.2) is 65.6 Å². The maximum atomic E-state index is 13.0. The molecular weight excluding hydrogens is 464 g/mol. The van der Waals surface area contributed by atoms with Crippen LogP contribution in [0.3, 0.4) is 0 Å². The number of rotatable bonds is 7. The van der Waals surface area contributed by atoms with Crippen molar-refractivity contribution in [2.75, 3.05) is 16.6 Å². The number of ether oxygens (including phenoxy) is 1. The second-order valence-electron chi connectivity index (χ2n) is 7.29. The maximum absolute atomic E-state index is 13.0. The summed E-state index contributed by atoms with van der Waals surface area (Å²) in [5, 5.41) is 2.60. The molecule has 0 saturated heterocycles. The number of halogens is 1. The number of para-hydroxylation sites is 1. The summed E-state index contributed by atoms with van der Waals surface area (Å²) >= 11 is 6.17. The number of carbonyl (C=O) groups excluding carboxylic acids is 2. The normalized spacial score (nSPS) is 11.0. The van der Waals surface area contributed by atoms with Gasteiger partial charge in [0.15, 0.2) is 0 Å². The van der Waals surface area contributed by atoms with Crippen molar-refractivity contribution in [2.45, 2.75) is 25.7 Å². The lowest BCUT2D eigenvalue weighted by Crippen LogP contribution is -2.18. The summed E-state index contributed by atoms with van der Waals surface area (Å²) in [7, 11) is -4.08. The van der Waals surface area contributed by atoms with Gasteiger partial charge in [0.2, 0.25) is 0 Å². The highest BCUT2D eigenvalue weighted by atomic mass is 35.5. The second kappa shape index (κ2) is 10.1. The Balaban J connectivity index is 1.91. The molecule has 0 aliphatic rings. The molecule has 0 heterocycles. The molecule has 0 bridgehead atoms. The van der Waals surface area contributed by atoms with Gasteiger partial charge < -0.3 is 10.1 Å². The minimum absolute atomic E-state index is 0.0312. The third-order valence-corrected chi connectivity index (χ3v) is 6.64.